The van der Waals surface area contributed by atoms with Crippen molar-refractivity contribution < 1.29 is 9.53 Å². The van der Waals surface area contributed by atoms with Crippen LogP contribution in [0.25, 0.3) is 0 Å². The van der Waals surface area contributed by atoms with Gasteiger partial charge >= 0.3 is 0 Å². The highest BCUT2D eigenvalue weighted by Crippen LogP contribution is 2.22. The third-order valence-electron chi connectivity index (χ3n) is 4.76. The van der Waals surface area contributed by atoms with Gasteiger partial charge in [-0.05, 0) is 32.1 Å². The van der Waals surface area contributed by atoms with Crippen molar-refractivity contribution in [3.05, 3.63) is 12.2 Å². The summed E-state index contributed by atoms with van der Waals surface area (Å²) in [6.07, 6.45) is 8.29. The molecule has 1 N–H and O–H groups in total. The molecule has 0 radical (unpaired) electrons. The third-order valence-corrected chi connectivity index (χ3v) is 4.76. The molecule has 4 heteroatoms. The maximum absolute atomic E-state index is 12.1. The molecule has 1 aliphatic carbocycles. The van der Waals surface area contributed by atoms with Crippen LogP contribution < -0.4 is 5.32 Å². The van der Waals surface area contributed by atoms with Gasteiger partial charge < -0.3 is 10.1 Å². The molecule has 0 aromatic rings. The van der Waals surface area contributed by atoms with E-state index < -0.39 is 0 Å². The van der Waals surface area contributed by atoms with E-state index in [4.69, 9.17) is 4.74 Å². The molecule has 2 aliphatic rings. The zero-order valence-electron chi connectivity index (χ0n) is 12.9. The Morgan fingerprint density at radius 1 is 1.45 bits per heavy atom. The number of allylic oxidation sites excluding steroid dienone is 2. The first kappa shape index (κ1) is 15.5. The average molecular weight is 280 g/mol. The normalized spacial score (nSPS) is 26.4. The lowest BCUT2D eigenvalue weighted by Gasteiger charge is -2.43. The van der Waals surface area contributed by atoms with E-state index in [1.165, 1.54) is 0 Å². The molecule has 0 spiro atoms. The van der Waals surface area contributed by atoms with Gasteiger partial charge in [-0.3, -0.25) is 9.69 Å². The fourth-order valence-corrected chi connectivity index (χ4v) is 3.03. The molecule has 1 fully saturated rings. The van der Waals surface area contributed by atoms with Crippen LogP contribution in [0.3, 0.4) is 0 Å². The van der Waals surface area contributed by atoms with Gasteiger partial charge in [-0.1, -0.05) is 19.1 Å². The van der Waals surface area contributed by atoms with Gasteiger partial charge in [-0.25, -0.2) is 0 Å². The van der Waals surface area contributed by atoms with E-state index in [2.05, 4.69) is 36.2 Å². The minimum atomic E-state index is 0.0466. The summed E-state index contributed by atoms with van der Waals surface area (Å²) in [6, 6.07) is 0. The first-order valence-corrected chi connectivity index (χ1v) is 7.90. The zero-order valence-corrected chi connectivity index (χ0v) is 12.9. The lowest BCUT2D eigenvalue weighted by molar-refractivity contribution is -0.122. The maximum Gasteiger partial charge on any atom is 0.220 e. The van der Waals surface area contributed by atoms with Gasteiger partial charge in [0.05, 0.1) is 13.2 Å². The van der Waals surface area contributed by atoms with Crippen LogP contribution in [-0.4, -0.2) is 49.2 Å². The van der Waals surface area contributed by atoms with E-state index in [1.807, 2.05) is 0 Å². The van der Waals surface area contributed by atoms with Crippen molar-refractivity contribution in [1.82, 2.24) is 10.2 Å². The van der Waals surface area contributed by atoms with Crippen LogP contribution in [0.1, 0.15) is 39.5 Å². The number of carbonyl (C=O) groups is 1. The molecule has 1 saturated heterocycles. The van der Waals surface area contributed by atoms with Crippen LogP contribution in [0.5, 0.6) is 0 Å². The van der Waals surface area contributed by atoms with Crippen molar-refractivity contribution in [2.24, 2.45) is 5.92 Å². The number of amides is 1. The summed E-state index contributed by atoms with van der Waals surface area (Å²) in [5, 5.41) is 3.14. The molecule has 4 nitrogen and oxygen atoms in total. The van der Waals surface area contributed by atoms with Gasteiger partial charge in [0, 0.05) is 31.6 Å². The summed E-state index contributed by atoms with van der Waals surface area (Å²) in [4.78, 5) is 14.5. The van der Waals surface area contributed by atoms with Crippen molar-refractivity contribution in [3.8, 4) is 0 Å². The summed E-state index contributed by atoms with van der Waals surface area (Å²) in [5.41, 5.74) is 0.0466. The molecular weight excluding hydrogens is 252 g/mol. The topological polar surface area (TPSA) is 41.6 Å². The molecule has 0 unspecified atom stereocenters. The fourth-order valence-electron chi connectivity index (χ4n) is 3.03. The number of morpholine rings is 1. The molecule has 0 aromatic carbocycles. The summed E-state index contributed by atoms with van der Waals surface area (Å²) < 4.78 is 5.42. The number of hydrogen-bond donors (Lipinski definition) is 1. The second kappa shape index (κ2) is 7.23. The standard InChI is InChI=1S/C16H28N2O2/c1-3-16(2,18-8-10-20-11-9-18)13-17-15(19)12-14-6-4-5-7-14/h4,6,14H,3,5,7-13H2,1-2H3,(H,17,19)/t14-,16+/m1/s1. The van der Waals surface area contributed by atoms with Crippen LogP contribution in [0.15, 0.2) is 12.2 Å². The van der Waals surface area contributed by atoms with Crippen LogP contribution >= 0.6 is 0 Å². The number of carbonyl (C=O) groups excluding carboxylic acids is 1. The van der Waals surface area contributed by atoms with Gasteiger partial charge in [-0.2, -0.15) is 0 Å². The smallest absolute Gasteiger partial charge is 0.220 e. The van der Waals surface area contributed by atoms with Crippen LogP contribution in [0, 0.1) is 5.92 Å². The Morgan fingerprint density at radius 3 is 2.80 bits per heavy atom. The second-order valence-electron chi connectivity index (χ2n) is 6.20. The molecule has 1 aliphatic heterocycles. The van der Waals surface area contributed by atoms with Gasteiger partial charge in [0.15, 0.2) is 0 Å². The highest BCUT2D eigenvalue weighted by Gasteiger charge is 2.31. The van der Waals surface area contributed by atoms with Crippen LogP contribution in [0.2, 0.25) is 0 Å². The van der Waals surface area contributed by atoms with Gasteiger partial charge in [0.25, 0.3) is 0 Å². The van der Waals surface area contributed by atoms with Crippen LogP contribution in [-0.2, 0) is 9.53 Å². The predicted molar refractivity (Wildman–Crippen MR) is 80.6 cm³/mol. The van der Waals surface area contributed by atoms with E-state index in [0.717, 1.165) is 52.1 Å². The van der Waals surface area contributed by atoms with Gasteiger partial charge in [0.2, 0.25) is 5.91 Å². The number of hydrogen-bond acceptors (Lipinski definition) is 3. The van der Waals surface area contributed by atoms with E-state index in [0.29, 0.717) is 12.3 Å². The molecule has 1 heterocycles. The Kier molecular flexibility index (Phi) is 5.61. The highest BCUT2D eigenvalue weighted by molar-refractivity contribution is 5.76. The van der Waals surface area contributed by atoms with Crippen LogP contribution in [0.4, 0.5) is 0 Å². The van der Waals surface area contributed by atoms with Crippen molar-refractivity contribution in [2.75, 3.05) is 32.8 Å². The first-order valence-electron chi connectivity index (χ1n) is 7.90. The number of nitrogens with zero attached hydrogens (tertiary/aromatic N) is 1. The largest absolute Gasteiger partial charge is 0.379 e. The Morgan fingerprint density at radius 2 is 2.20 bits per heavy atom. The molecule has 0 saturated carbocycles. The highest BCUT2D eigenvalue weighted by atomic mass is 16.5. The predicted octanol–water partition coefficient (Wildman–Crippen LogP) is 1.96. The molecule has 0 bridgehead atoms. The fraction of sp³-hybridized carbons (Fsp3) is 0.812. The molecule has 0 aromatic heterocycles. The van der Waals surface area contributed by atoms with Crippen molar-refractivity contribution >= 4 is 5.91 Å². The number of nitrogens with one attached hydrogen (secondary N) is 1. The minimum Gasteiger partial charge on any atom is -0.379 e. The lowest BCUT2D eigenvalue weighted by atomic mass is 9.95. The second-order valence-corrected chi connectivity index (χ2v) is 6.20. The quantitative estimate of drug-likeness (QED) is 0.756. The molecule has 20 heavy (non-hydrogen) atoms. The zero-order chi connectivity index (χ0) is 14.4. The molecule has 1 amide bonds. The van der Waals surface area contributed by atoms with Crippen molar-refractivity contribution in [1.29, 1.82) is 0 Å². The maximum atomic E-state index is 12.1. The Bertz CT molecular complexity index is 350. The van der Waals surface area contributed by atoms with E-state index in [9.17, 15) is 4.79 Å². The summed E-state index contributed by atoms with van der Waals surface area (Å²) >= 11 is 0. The van der Waals surface area contributed by atoms with E-state index in [-0.39, 0.29) is 11.4 Å². The van der Waals surface area contributed by atoms with Crippen molar-refractivity contribution in [2.45, 2.75) is 45.1 Å². The molecule has 2 atom stereocenters. The number of ether oxygens (including phenoxy) is 1. The summed E-state index contributed by atoms with van der Waals surface area (Å²) in [7, 11) is 0. The summed E-state index contributed by atoms with van der Waals surface area (Å²) in [6.45, 7) is 8.71. The van der Waals surface area contributed by atoms with Crippen molar-refractivity contribution in [3.63, 3.8) is 0 Å². The first-order chi connectivity index (χ1) is 9.64. The van der Waals surface area contributed by atoms with Gasteiger partial charge in [-0.15, -0.1) is 0 Å². The van der Waals surface area contributed by atoms with Gasteiger partial charge in [0.1, 0.15) is 0 Å². The Balaban J connectivity index is 1.79. The molecule has 114 valence electrons. The SMILES string of the molecule is CC[C@@](C)(CNC(=O)C[C@@H]1C=CCC1)N1CCOCC1. The Hall–Kier alpha value is -0.870. The number of rotatable bonds is 6. The monoisotopic (exact) mass is 280 g/mol. The molecule has 2 rings (SSSR count). The average Bonchev–Trinajstić information content (AvgIpc) is 2.98. The summed E-state index contributed by atoms with van der Waals surface area (Å²) in [5.74, 6) is 0.640. The van der Waals surface area contributed by atoms with E-state index >= 15 is 0 Å². The molecular formula is C16H28N2O2. The Labute approximate surface area is 122 Å². The third kappa shape index (κ3) is 4.06. The minimum absolute atomic E-state index is 0.0466. The van der Waals surface area contributed by atoms with E-state index in [1.54, 1.807) is 0 Å². The lowest BCUT2D eigenvalue weighted by Crippen LogP contribution is -2.56.